The third kappa shape index (κ3) is 4.43. The summed E-state index contributed by atoms with van der Waals surface area (Å²) in [4.78, 5) is 17.9. The Labute approximate surface area is 147 Å². The molecule has 1 amide bonds. The Kier molecular flexibility index (Phi) is 5.45. The van der Waals surface area contributed by atoms with E-state index in [1.807, 2.05) is 37.0 Å². The standard InChI is InChI=1S/C18H25N5O2/c1-13-7-15(22(2)21-13)9-23-8-14(11-25-12-18(19)24)16(10-23)17-5-3-4-6-20-17/h3-7,14,16H,8-12H2,1-2H3,(H2,19,24)/t14-,16+/m0/s1. The maximum Gasteiger partial charge on any atom is 0.243 e. The first-order chi connectivity index (χ1) is 12.0. The van der Waals surface area contributed by atoms with Crippen molar-refractivity contribution in [3.05, 3.63) is 47.5 Å². The number of carbonyl (C=O) groups excluding carboxylic acids is 1. The van der Waals surface area contributed by atoms with Crippen LogP contribution in [0.25, 0.3) is 0 Å². The Morgan fingerprint density at radius 1 is 1.40 bits per heavy atom. The van der Waals surface area contributed by atoms with Crippen molar-refractivity contribution in [3.63, 3.8) is 0 Å². The molecule has 25 heavy (non-hydrogen) atoms. The number of rotatable bonds is 7. The van der Waals surface area contributed by atoms with E-state index in [9.17, 15) is 4.79 Å². The van der Waals surface area contributed by atoms with E-state index in [0.717, 1.165) is 31.0 Å². The van der Waals surface area contributed by atoms with E-state index in [-0.39, 0.29) is 18.4 Å². The number of hydrogen-bond donors (Lipinski definition) is 1. The highest BCUT2D eigenvalue weighted by Gasteiger charge is 2.35. The van der Waals surface area contributed by atoms with E-state index in [2.05, 4.69) is 27.1 Å². The van der Waals surface area contributed by atoms with E-state index in [1.165, 1.54) is 5.69 Å². The van der Waals surface area contributed by atoms with Crippen molar-refractivity contribution in [2.45, 2.75) is 19.4 Å². The van der Waals surface area contributed by atoms with Crippen molar-refractivity contribution >= 4 is 5.91 Å². The number of nitrogens with two attached hydrogens (primary N) is 1. The first kappa shape index (κ1) is 17.6. The van der Waals surface area contributed by atoms with Crippen LogP contribution in [0.15, 0.2) is 30.5 Å². The number of likely N-dealkylation sites (tertiary alicyclic amines) is 1. The highest BCUT2D eigenvalue weighted by Crippen LogP contribution is 2.32. The normalized spacial score (nSPS) is 20.9. The fraction of sp³-hybridized carbons (Fsp3) is 0.500. The first-order valence-electron chi connectivity index (χ1n) is 8.51. The summed E-state index contributed by atoms with van der Waals surface area (Å²) in [7, 11) is 1.97. The number of pyridine rings is 1. The van der Waals surface area contributed by atoms with Gasteiger partial charge in [-0.15, -0.1) is 0 Å². The van der Waals surface area contributed by atoms with Crippen molar-refractivity contribution in [1.29, 1.82) is 0 Å². The molecule has 2 aromatic heterocycles. The summed E-state index contributed by atoms with van der Waals surface area (Å²) >= 11 is 0. The average Bonchev–Trinajstić information content (AvgIpc) is 3.11. The Hall–Kier alpha value is -2.25. The van der Waals surface area contributed by atoms with Crippen LogP contribution in [0.4, 0.5) is 0 Å². The molecule has 0 radical (unpaired) electrons. The Morgan fingerprint density at radius 2 is 2.24 bits per heavy atom. The van der Waals surface area contributed by atoms with Gasteiger partial charge in [0.1, 0.15) is 6.61 Å². The molecule has 2 aromatic rings. The lowest BCUT2D eigenvalue weighted by Crippen LogP contribution is -2.25. The summed E-state index contributed by atoms with van der Waals surface area (Å²) in [5, 5.41) is 4.42. The van der Waals surface area contributed by atoms with Gasteiger partial charge in [-0.25, -0.2) is 0 Å². The average molecular weight is 343 g/mol. The molecule has 2 N–H and O–H groups in total. The molecule has 0 bridgehead atoms. The quantitative estimate of drug-likeness (QED) is 0.805. The second-order valence-electron chi connectivity index (χ2n) is 6.70. The summed E-state index contributed by atoms with van der Waals surface area (Å²) in [6.07, 6.45) is 1.82. The largest absolute Gasteiger partial charge is 0.371 e. The molecule has 3 heterocycles. The van der Waals surface area contributed by atoms with Crippen LogP contribution in [0.2, 0.25) is 0 Å². The molecule has 1 saturated heterocycles. The number of ether oxygens (including phenoxy) is 1. The van der Waals surface area contributed by atoms with E-state index in [0.29, 0.717) is 6.61 Å². The summed E-state index contributed by atoms with van der Waals surface area (Å²) in [5.74, 6) is 0.126. The molecule has 0 saturated carbocycles. The molecule has 0 aliphatic carbocycles. The van der Waals surface area contributed by atoms with Gasteiger partial charge in [-0.05, 0) is 25.1 Å². The highest BCUT2D eigenvalue weighted by atomic mass is 16.5. The molecule has 0 aromatic carbocycles. The molecule has 7 nitrogen and oxygen atoms in total. The minimum Gasteiger partial charge on any atom is -0.371 e. The Bertz CT molecular complexity index is 716. The SMILES string of the molecule is Cc1cc(CN2C[C@@H](COCC(N)=O)[C@H](c3ccccn3)C2)n(C)n1. The van der Waals surface area contributed by atoms with Crippen molar-refractivity contribution in [2.24, 2.45) is 18.7 Å². The molecular weight excluding hydrogens is 318 g/mol. The maximum atomic E-state index is 10.9. The van der Waals surface area contributed by atoms with Gasteiger partial charge in [-0.1, -0.05) is 6.07 Å². The Balaban J connectivity index is 1.70. The smallest absolute Gasteiger partial charge is 0.243 e. The van der Waals surface area contributed by atoms with Gasteiger partial charge in [0.05, 0.1) is 18.0 Å². The van der Waals surface area contributed by atoms with Gasteiger partial charge in [0.2, 0.25) is 5.91 Å². The van der Waals surface area contributed by atoms with Gasteiger partial charge in [-0.3, -0.25) is 19.4 Å². The van der Waals surface area contributed by atoms with E-state index >= 15 is 0 Å². The van der Waals surface area contributed by atoms with Crippen LogP contribution in [-0.2, 0) is 23.1 Å². The topological polar surface area (TPSA) is 86.3 Å². The van der Waals surface area contributed by atoms with Crippen LogP contribution in [0, 0.1) is 12.8 Å². The van der Waals surface area contributed by atoms with Gasteiger partial charge in [0.25, 0.3) is 0 Å². The third-order valence-corrected chi connectivity index (χ3v) is 4.65. The van der Waals surface area contributed by atoms with Crippen LogP contribution >= 0.6 is 0 Å². The molecule has 1 aliphatic rings. The lowest BCUT2D eigenvalue weighted by Gasteiger charge is -2.17. The summed E-state index contributed by atoms with van der Waals surface area (Å²) < 4.78 is 7.44. The zero-order valence-corrected chi connectivity index (χ0v) is 14.8. The predicted molar refractivity (Wildman–Crippen MR) is 93.7 cm³/mol. The van der Waals surface area contributed by atoms with Crippen LogP contribution in [0.1, 0.15) is 23.0 Å². The molecule has 1 fully saturated rings. The van der Waals surface area contributed by atoms with Crippen LogP contribution in [0.3, 0.4) is 0 Å². The van der Waals surface area contributed by atoms with E-state index < -0.39 is 5.91 Å². The fourth-order valence-electron chi connectivity index (χ4n) is 3.54. The first-order valence-corrected chi connectivity index (χ1v) is 8.51. The van der Waals surface area contributed by atoms with Crippen molar-refractivity contribution in [1.82, 2.24) is 19.7 Å². The number of primary amides is 1. The Morgan fingerprint density at radius 3 is 2.88 bits per heavy atom. The number of nitrogens with zero attached hydrogens (tertiary/aromatic N) is 4. The summed E-state index contributed by atoms with van der Waals surface area (Å²) in [6.45, 7) is 5.12. The zero-order chi connectivity index (χ0) is 17.8. The second kappa shape index (κ2) is 7.76. The minimum atomic E-state index is -0.436. The summed E-state index contributed by atoms with van der Waals surface area (Å²) in [5.41, 5.74) is 8.46. The highest BCUT2D eigenvalue weighted by molar-refractivity contribution is 5.74. The van der Waals surface area contributed by atoms with Crippen LogP contribution < -0.4 is 5.73 Å². The number of aromatic nitrogens is 3. The molecule has 0 unspecified atom stereocenters. The minimum absolute atomic E-state index is 0.0354. The fourth-order valence-corrected chi connectivity index (χ4v) is 3.54. The number of hydrogen-bond acceptors (Lipinski definition) is 5. The number of aryl methyl sites for hydroxylation is 2. The molecule has 0 spiro atoms. The lowest BCUT2D eigenvalue weighted by molar-refractivity contribution is -0.122. The van der Waals surface area contributed by atoms with E-state index in [1.54, 1.807) is 0 Å². The van der Waals surface area contributed by atoms with Gasteiger partial charge < -0.3 is 10.5 Å². The van der Waals surface area contributed by atoms with Gasteiger partial charge >= 0.3 is 0 Å². The molecule has 7 heteroatoms. The molecule has 134 valence electrons. The second-order valence-corrected chi connectivity index (χ2v) is 6.70. The van der Waals surface area contributed by atoms with Gasteiger partial charge in [-0.2, -0.15) is 5.10 Å². The number of carbonyl (C=O) groups is 1. The maximum absolute atomic E-state index is 10.9. The van der Waals surface area contributed by atoms with Crippen LogP contribution in [-0.4, -0.2) is 51.9 Å². The van der Waals surface area contributed by atoms with Gasteiger partial charge in [0.15, 0.2) is 0 Å². The molecule has 3 rings (SSSR count). The van der Waals surface area contributed by atoms with Crippen molar-refractivity contribution in [2.75, 3.05) is 26.3 Å². The predicted octanol–water partition coefficient (Wildman–Crippen LogP) is 0.841. The van der Waals surface area contributed by atoms with Crippen molar-refractivity contribution < 1.29 is 9.53 Å². The van der Waals surface area contributed by atoms with Crippen molar-refractivity contribution in [3.8, 4) is 0 Å². The molecular formula is C18H25N5O2. The lowest BCUT2D eigenvalue weighted by atomic mass is 9.93. The zero-order valence-electron chi connectivity index (χ0n) is 14.8. The molecule has 1 aliphatic heterocycles. The van der Waals surface area contributed by atoms with Crippen LogP contribution in [0.5, 0.6) is 0 Å². The molecule has 2 atom stereocenters. The third-order valence-electron chi connectivity index (χ3n) is 4.65. The number of amides is 1. The summed E-state index contributed by atoms with van der Waals surface area (Å²) in [6, 6.07) is 8.11. The van der Waals surface area contributed by atoms with Gasteiger partial charge in [0, 0.05) is 50.4 Å². The monoisotopic (exact) mass is 343 g/mol. The van der Waals surface area contributed by atoms with E-state index in [4.69, 9.17) is 10.5 Å².